The molecular weight excluding hydrogens is 297 g/mol. The van der Waals surface area contributed by atoms with Gasteiger partial charge in [0.15, 0.2) is 0 Å². The van der Waals surface area contributed by atoms with Crippen LogP contribution in [0.4, 0.5) is 9.18 Å². The minimum absolute atomic E-state index is 0.123. The van der Waals surface area contributed by atoms with Crippen molar-refractivity contribution in [3.63, 3.8) is 0 Å². The number of rotatable bonds is 5. The molecule has 1 heterocycles. The van der Waals surface area contributed by atoms with Crippen LogP contribution in [-0.2, 0) is 16.1 Å². The van der Waals surface area contributed by atoms with Crippen LogP contribution in [0.1, 0.15) is 31.7 Å². The zero-order chi connectivity index (χ0) is 16.3. The summed E-state index contributed by atoms with van der Waals surface area (Å²) in [7, 11) is 0. The van der Waals surface area contributed by atoms with Gasteiger partial charge in [0, 0.05) is 18.5 Å². The lowest BCUT2D eigenvalue weighted by Gasteiger charge is -2.31. The Bertz CT molecular complexity index is 530. The SMILES string of the molecule is CC1(COC2CCN(C(=O)OCc3ccccc3)CC2)CC1F. The summed E-state index contributed by atoms with van der Waals surface area (Å²) in [5, 5.41) is 0. The van der Waals surface area contributed by atoms with E-state index < -0.39 is 6.17 Å². The molecule has 2 unspecified atom stereocenters. The lowest BCUT2D eigenvalue weighted by Crippen LogP contribution is -2.41. The van der Waals surface area contributed by atoms with E-state index in [-0.39, 0.29) is 17.6 Å². The fourth-order valence-electron chi connectivity index (χ4n) is 2.82. The first-order chi connectivity index (χ1) is 11.1. The van der Waals surface area contributed by atoms with Gasteiger partial charge < -0.3 is 14.4 Å². The van der Waals surface area contributed by atoms with Crippen molar-refractivity contribution in [2.75, 3.05) is 19.7 Å². The maximum atomic E-state index is 13.2. The highest BCUT2D eigenvalue weighted by Gasteiger charge is 2.51. The number of amides is 1. The van der Waals surface area contributed by atoms with Crippen LogP contribution in [0.2, 0.25) is 0 Å². The molecule has 1 aromatic rings. The summed E-state index contributed by atoms with van der Waals surface area (Å²) in [6, 6.07) is 9.65. The standard InChI is InChI=1S/C18H24FNO3/c1-18(11-16(18)19)13-23-15-7-9-20(10-8-15)17(21)22-12-14-5-3-2-4-6-14/h2-6,15-16H,7-13H2,1H3. The summed E-state index contributed by atoms with van der Waals surface area (Å²) in [4.78, 5) is 13.8. The number of nitrogens with zero attached hydrogens (tertiary/aromatic N) is 1. The van der Waals surface area contributed by atoms with Crippen molar-refractivity contribution in [1.29, 1.82) is 0 Å². The highest BCUT2D eigenvalue weighted by Crippen LogP contribution is 2.48. The number of carbonyl (C=O) groups excluding carboxylic acids is 1. The van der Waals surface area contributed by atoms with Crippen molar-refractivity contribution in [1.82, 2.24) is 4.90 Å². The monoisotopic (exact) mass is 321 g/mol. The molecule has 2 fully saturated rings. The fraction of sp³-hybridized carbons (Fsp3) is 0.611. The fourth-order valence-corrected chi connectivity index (χ4v) is 2.82. The molecule has 0 aromatic heterocycles. The third kappa shape index (κ3) is 4.22. The van der Waals surface area contributed by atoms with Gasteiger partial charge in [-0.3, -0.25) is 0 Å². The summed E-state index contributed by atoms with van der Waals surface area (Å²) in [6.45, 7) is 3.97. The van der Waals surface area contributed by atoms with E-state index >= 15 is 0 Å². The summed E-state index contributed by atoms with van der Waals surface area (Å²) in [6.07, 6.45) is 1.32. The van der Waals surface area contributed by atoms with Crippen LogP contribution in [0.15, 0.2) is 30.3 Å². The lowest BCUT2D eigenvalue weighted by molar-refractivity contribution is -0.0155. The van der Waals surface area contributed by atoms with Gasteiger partial charge in [0.2, 0.25) is 0 Å². The Hall–Kier alpha value is -1.62. The van der Waals surface area contributed by atoms with E-state index in [0.29, 0.717) is 32.7 Å². The second kappa shape index (κ2) is 6.87. The molecule has 23 heavy (non-hydrogen) atoms. The largest absolute Gasteiger partial charge is 0.445 e. The average Bonchev–Trinajstić information content (AvgIpc) is 3.19. The van der Waals surface area contributed by atoms with Gasteiger partial charge >= 0.3 is 6.09 Å². The normalized spacial score (nSPS) is 27.7. The molecule has 0 radical (unpaired) electrons. The number of hydrogen-bond donors (Lipinski definition) is 0. The van der Waals surface area contributed by atoms with Crippen molar-refractivity contribution in [3.05, 3.63) is 35.9 Å². The second-order valence-corrected chi connectivity index (χ2v) is 6.86. The highest BCUT2D eigenvalue weighted by atomic mass is 19.1. The quantitative estimate of drug-likeness (QED) is 0.832. The van der Waals surface area contributed by atoms with Gasteiger partial charge in [-0.2, -0.15) is 0 Å². The first kappa shape index (κ1) is 16.2. The Morgan fingerprint density at radius 1 is 1.30 bits per heavy atom. The summed E-state index contributed by atoms with van der Waals surface area (Å²) >= 11 is 0. The van der Waals surface area contributed by atoms with Crippen LogP contribution in [0.25, 0.3) is 0 Å². The minimum atomic E-state index is -0.712. The lowest BCUT2D eigenvalue weighted by atomic mass is 10.1. The molecule has 1 aromatic carbocycles. The molecule has 1 saturated heterocycles. The molecule has 2 atom stereocenters. The van der Waals surface area contributed by atoms with Crippen LogP contribution in [0, 0.1) is 5.41 Å². The Kier molecular flexibility index (Phi) is 4.85. The van der Waals surface area contributed by atoms with E-state index in [1.165, 1.54) is 0 Å². The predicted molar refractivity (Wildman–Crippen MR) is 84.8 cm³/mol. The molecule has 4 nitrogen and oxygen atoms in total. The summed E-state index contributed by atoms with van der Waals surface area (Å²) in [5.74, 6) is 0. The third-order valence-electron chi connectivity index (χ3n) is 4.80. The number of alkyl halides is 1. The Labute approximate surface area is 136 Å². The van der Waals surface area contributed by atoms with E-state index in [9.17, 15) is 9.18 Å². The molecule has 0 N–H and O–H groups in total. The zero-order valence-electron chi connectivity index (χ0n) is 13.5. The van der Waals surface area contributed by atoms with Crippen molar-refractivity contribution >= 4 is 6.09 Å². The van der Waals surface area contributed by atoms with Crippen LogP contribution in [-0.4, -0.2) is 43.0 Å². The number of piperidine rings is 1. The van der Waals surface area contributed by atoms with E-state index in [4.69, 9.17) is 9.47 Å². The van der Waals surface area contributed by atoms with Crippen molar-refractivity contribution in [2.24, 2.45) is 5.41 Å². The van der Waals surface area contributed by atoms with Gasteiger partial charge in [-0.15, -0.1) is 0 Å². The smallest absolute Gasteiger partial charge is 0.410 e. The van der Waals surface area contributed by atoms with Crippen LogP contribution in [0.3, 0.4) is 0 Å². The topological polar surface area (TPSA) is 38.8 Å². The van der Waals surface area contributed by atoms with E-state index in [1.807, 2.05) is 37.3 Å². The molecule has 126 valence electrons. The molecule has 2 aliphatic rings. The molecule has 1 aliphatic heterocycles. The maximum absolute atomic E-state index is 13.2. The van der Waals surface area contributed by atoms with Crippen LogP contribution < -0.4 is 0 Å². The number of halogens is 1. The number of hydrogen-bond acceptors (Lipinski definition) is 3. The zero-order valence-corrected chi connectivity index (χ0v) is 13.5. The number of carbonyl (C=O) groups is 1. The van der Waals surface area contributed by atoms with Crippen molar-refractivity contribution in [2.45, 2.75) is 45.1 Å². The first-order valence-electron chi connectivity index (χ1n) is 8.28. The number of ether oxygens (including phenoxy) is 2. The van der Waals surface area contributed by atoms with E-state index in [1.54, 1.807) is 4.90 Å². The average molecular weight is 321 g/mol. The van der Waals surface area contributed by atoms with Crippen LogP contribution >= 0.6 is 0 Å². The van der Waals surface area contributed by atoms with Crippen LogP contribution in [0.5, 0.6) is 0 Å². The van der Waals surface area contributed by atoms with Gasteiger partial charge in [-0.25, -0.2) is 9.18 Å². The van der Waals surface area contributed by atoms with E-state index in [2.05, 4.69) is 0 Å². The molecule has 3 rings (SSSR count). The van der Waals surface area contributed by atoms with Crippen molar-refractivity contribution < 1.29 is 18.7 Å². The maximum Gasteiger partial charge on any atom is 0.410 e. The molecule has 1 aliphatic carbocycles. The molecule has 5 heteroatoms. The Morgan fingerprint density at radius 2 is 1.96 bits per heavy atom. The molecule has 0 bridgehead atoms. The van der Waals surface area contributed by atoms with Gasteiger partial charge in [0.25, 0.3) is 0 Å². The van der Waals surface area contributed by atoms with E-state index in [0.717, 1.165) is 18.4 Å². The molecular formula is C18H24FNO3. The Morgan fingerprint density at radius 3 is 2.57 bits per heavy atom. The molecule has 1 amide bonds. The minimum Gasteiger partial charge on any atom is -0.445 e. The van der Waals surface area contributed by atoms with Gasteiger partial charge in [0.05, 0.1) is 12.7 Å². The predicted octanol–water partition coefficient (Wildman–Crippen LogP) is 3.55. The van der Waals surface area contributed by atoms with Gasteiger partial charge in [0.1, 0.15) is 12.8 Å². The summed E-state index contributed by atoms with van der Waals surface area (Å²) in [5.41, 5.74) is 0.712. The molecule has 1 saturated carbocycles. The molecule has 0 spiro atoms. The third-order valence-corrected chi connectivity index (χ3v) is 4.80. The van der Waals surface area contributed by atoms with Gasteiger partial charge in [-0.05, 0) is 24.8 Å². The number of likely N-dealkylation sites (tertiary alicyclic amines) is 1. The highest BCUT2D eigenvalue weighted by molar-refractivity contribution is 5.67. The number of benzene rings is 1. The summed E-state index contributed by atoms with van der Waals surface area (Å²) < 4.78 is 24.3. The van der Waals surface area contributed by atoms with Crippen molar-refractivity contribution in [3.8, 4) is 0 Å². The Balaban J connectivity index is 1.36. The second-order valence-electron chi connectivity index (χ2n) is 6.86. The first-order valence-corrected chi connectivity index (χ1v) is 8.28. The van der Waals surface area contributed by atoms with Gasteiger partial charge in [-0.1, -0.05) is 37.3 Å².